The number of rotatable bonds is 5. The van der Waals surface area contributed by atoms with Crippen LogP contribution in [0.15, 0.2) is 48.5 Å². The number of carbonyl (C=O) groups excluding carboxylic acids is 1. The lowest BCUT2D eigenvalue weighted by Gasteiger charge is -2.30. The molecule has 3 aromatic rings. The number of nitrogens with zero attached hydrogens (tertiary/aromatic N) is 3. The first-order valence-corrected chi connectivity index (χ1v) is 10.4. The van der Waals surface area contributed by atoms with Crippen LogP contribution in [0, 0.1) is 11.7 Å². The van der Waals surface area contributed by atoms with Crippen molar-refractivity contribution < 1.29 is 9.18 Å². The molecular formula is C21H19ClFN3OS. The summed E-state index contributed by atoms with van der Waals surface area (Å²) >= 11 is 7.46. The number of Topliss-reactive ketones (excluding diaryl/α,β-unsaturated/α-hetero) is 1. The number of aromatic nitrogens is 2. The summed E-state index contributed by atoms with van der Waals surface area (Å²) in [5.74, 6) is -0.0210. The fourth-order valence-corrected chi connectivity index (χ4v) is 4.45. The fraction of sp³-hybridized carbons (Fsp3) is 0.286. The maximum atomic E-state index is 13.0. The third-order valence-corrected chi connectivity index (χ3v) is 6.23. The summed E-state index contributed by atoms with van der Waals surface area (Å²) in [7, 11) is 0. The van der Waals surface area contributed by atoms with E-state index in [9.17, 15) is 9.18 Å². The van der Waals surface area contributed by atoms with E-state index < -0.39 is 0 Å². The molecule has 4 nitrogen and oxygen atoms in total. The van der Waals surface area contributed by atoms with Crippen molar-refractivity contribution in [1.29, 1.82) is 0 Å². The molecule has 1 aliphatic rings. The Bertz CT molecular complexity index is 951. The smallest absolute Gasteiger partial charge is 0.208 e. The normalized spacial score (nSPS) is 15.0. The molecule has 1 aromatic heterocycles. The van der Waals surface area contributed by atoms with Crippen molar-refractivity contribution >= 4 is 33.9 Å². The summed E-state index contributed by atoms with van der Waals surface area (Å²) in [4.78, 5) is 14.9. The standard InChI is InChI=1S/C21H19ClFN3OS/c22-17-5-3-15(4-6-17)20(27)16-9-11-26(12-10-16)21-25-24-19(28-21)13-14-1-7-18(23)8-2-14/h1-8,16H,9-13H2. The predicted molar refractivity (Wildman–Crippen MR) is 110 cm³/mol. The molecule has 0 saturated carbocycles. The topological polar surface area (TPSA) is 46.1 Å². The number of piperidine rings is 1. The van der Waals surface area contributed by atoms with Gasteiger partial charge in [0.15, 0.2) is 5.78 Å². The highest BCUT2D eigenvalue weighted by Crippen LogP contribution is 2.29. The van der Waals surface area contributed by atoms with Gasteiger partial charge < -0.3 is 4.90 Å². The Morgan fingerprint density at radius 1 is 1.07 bits per heavy atom. The molecule has 0 bridgehead atoms. The zero-order chi connectivity index (χ0) is 19.5. The highest BCUT2D eigenvalue weighted by Gasteiger charge is 2.27. The molecule has 0 atom stereocenters. The molecule has 0 radical (unpaired) electrons. The van der Waals surface area contributed by atoms with Crippen LogP contribution in [0.2, 0.25) is 5.02 Å². The van der Waals surface area contributed by atoms with Crippen LogP contribution in [0.4, 0.5) is 9.52 Å². The first-order valence-electron chi connectivity index (χ1n) is 9.20. The van der Waals surface area contributed by atoms with Crippen LogP contribution >= 0.6 is 22.9 Å². The van der Waals surface area contributed by atoms with Crippen LogP contribution in [0.5, 0.6) is 0 Å². The van der Waals surface area contributed by atoms with Gasteiger partial charge in [-0.25, -0.2) is 4.39 Å². The lowest BCUT2D eigenvalue weighted by molar-refractivity contribution is 0.0900. The number of ketones is 1. The third kappa shape index (κ3) is 4.39. The van der Waals surface area contributed by atoms with Crippen LogP contribution in [0.3, 0.4) is 0 Å². The van der Waals surface area contributed by atoms with Gasteiger partial charge in [-0.2, -0.15) is 0 Å². The predicted octanol–water partition coefficient (Wildman–Crippen LogP) is 5.02. The fourth-order valence-electron chi connectivity index (χ4n) is 3.40. The Labute approximate surface area is 172 Å². The molecule has 2 aromatic carbocycles. The Hall–Kier alpha value is -2.31. The molecule has 0 N–H and O–H groups in total. The summed E-state index contributed by atoms with van der Waals surface area (Å²) in [5.41, 5.74) is 1.73. The average molecular weight is 416 g/mol. The second-order valence-electron chi connectivity index (χ2n) is 6.91. The highest BCUT2D eigenvalue weighted by molar-refractivity contribution is 7.15. The molecule has 0 amide bonds. The summed E-state index contributed by atoms with van der Waals surface area (Å²) in [6, 6.07) is 13.6. The molecule has 4 rings (SSSR count). The van der Waals surface area contributed by atoms with Crippen LogP contribution < -0.4 is 4.90 Å². The van der Waals surface area contributed by atoms with Gasteiger partial charge in [0, 0.05) is 36.0 Å². The first kappa shape index (κ1) is 19.0. The SMILES string of the molecule is O=C(c1ccc(Cl)cc1)C1CCN(c2nnc(Cc3ccc(F)cc3)s2)CC1. The van der Waals surface area contributed by atoms with Crippen LogP contribution in [-0.4, -0.2) is 29.1 Å². The largest absolute Gasteiger partial charge is 0.347 e. The number of carbonyl (C=O) groups is 1. The van der Waals surface area contributed by atoms with Gasteiger partial charge in [0.2, 0.25) is 5.13 Å². The lowest BCUT2D eigenvalue weighted by atomic mass is 9.89. The molecule has 2 heterocycles. The summed E-state index contributed by atoms with van der Waals surface area (Å²) < 4.78 is 13.0. The minimum Gasteiger partial charge on any atom is -0.347 e. The zero-order valence-electron chi connectivity index (χ0n) is 15.1. The summed E-state index contributed by atoms with van der Waals surface area (Å²) in [5, 5.41) is 11.0. The number of anilines is 1. The Kier molecular flexibility index (Phi) is 5.69. The number of hydrogen-bond donors (Lipinski definition) is 0. The number of hydrogen-bond acceptors (Lipinski definition) is 5. The van der Waals surface area contributed by atoms with Crippen LogP contribution in [-0.2, 0) is 6.42 Å². The van der Waals surface area contributed by atoms with Crippen molar-refractivity contribution in [3.05, 3.63) is 75.5 Å². The first-order chi connectivity index (χ1) is 13.6. The minimum absolute atomic E-state index is 0.0315. The second-order valence-corrected chi connectivity index (χ2v) is 8.39. The number of benzene rings is 2. The molecule has 0 unspecified atom stereocenters. The van der Waals surface area contributed by atoms with E-state index in [1.165, 1.54) is 12.1 Å². The van der Waals surface area contributed by atoms with Crippen molar-refractivity contribution in [3.8, 4) is 0 Å². The maximum Gasteiger partial charge on any atom is 0.208 e. The maximum absolute atomic E-state index is 13.0. The Morgan fingerprint density at radius 2 is 1.75 bits per heavy atom. The molecule has 7 heteroatoms. The van der Waals surface area contributed by atoms with Crippen LogP contribution in [0.25, 0.3) is 0 Å². The summed E-state index contributed by atoms with van der Waals surface area (Å²) in [6.07, 6.45) is 2.24. The Morgan fingerprint density at radius 3 is 2.43 bits per heavy atom. The summed E-state index contributed by atoms with van der Waals surface area (Å²) in [6.45, 7) is 1.57. The highest BCUT2D eigenvalue weighted by atomic mass is 35.5. The quantitative estimate of drug-likeness (QED) is 0.549. The Balaban J connectivity index is 1.35. The lowest BCUT2D eigenvalue weighted by Crippen LogP contribution is -2.36. The van der Waals surface area contributed by atoms with E-state index in [1.54, 1.807) is 47.7 Å². The molecule has 1 saturated heterocycles. The van der Waals surface area contributed by atoms with Crippen molar-refractivity contribution in [2.75, 3.05) is 18.0 Å². The van der Waals surface area contributed by atoms with E-state index in [0.717, 1.165) is 47.2 Å². The van der Waals surface area contributed by atoms with Gasteiger partial charge in [-0.1, -0.05) is 35.1 Å². The van der Waals surface area contributed by atoms with Crippen molar-refractivity contribution in [2.24, 2.45) is 5.92 Å². The molecule has 144 valence electrons. The van der Waals surface area contributed by atoms with Gasteiger partial charge in [-0.05, 0) is 54.8 Å². The number of halogens is 2. The minimum atomic E-state index is -0.238. The molecule has 28 heavy (non-hydrogen) atoms. The van der Waals surface area contributed by atoms with E-state index in [0.29, 0.717) is 11.4 Å². The third-order valence-electron chi connectivity index (χ3n) is 4.99. The van der Waals surface area contributed by atoms with Gasteiger partial charge in [0.05, 0.1) is 0 Å². The van der Waals surface area contributed by atoms with Crippen molar-refractivity contribution in [2.45, 2.75) is 19.3 Å². The van der Waals surface area contributed by atoms with Gasteiger partial charge in [0.25, 0.3) is 0 Å². The molecule has 1 fully saturated rings. The van der Waals surface area contributed by atoms with Gasteiger partial charge in [-0.3, -0.25) is 4.79 Å². The molecule has 0 aliphatic carbocycles. The average Bonchev–Trinajstić information content (AvgIpc) is 3.18. The molecule has 1 aliphatic heterocycles. The van der Waals surface area contributed by atoms with E-state index >= 15 is 0 Å². The van der Waals surface area contributed by atoms with E-state index in [4.69, 9.17) is 11.6 Å². The second kappa shape index (κ2) is 8.37. The monoisotopic (exact) mass is 415 g/mol. The van der Waals surface area contributed by atoms with E-state index in [-0.39, 0.29) is 17.5 Å². The van der Waals surface area contributed by atoms with Gasteiger partial charge in [-0.15, -0.1) is 10.2 Å². The van der Waals surface area contributed by atoms with E-state index in [1.807, 2.05) is 0 Å². The van der Waals surface area contributed by atoms with Crippen molar-refractivity contribution in [3.63, 3.8) is 0 Å². The zero-order valence-corrected chi connectivity index (χ0v) is 16.7. The van der Waals surface area contributed by atoms with Crippen molar-refractivity contribution in [1.82, 2.24) is 10.2 Å². The van der Waals surface area contributed by atoms with Gasteiger partial charge >= 0.3 is 0 Å². The van der Waals surface area contributed by atoms with Crippen LogP contribution in [0.1, 0.15) is 33.8 Å². The molecular weight excluding hydrogens is 397 g/mol. The molecule has 0 spiro atoms. The van der Waals surface area contributed by atoms with E-state index in [2.05, 4.69) is 15.1 Å². The van der Waals surface area contributed by atoms with Gasteiger partial charge in [0.1, 0.15) is 10.8 Å².